The molecule has 0 aliphatic carbocycles. The number of carbonyl (C=O) groups is 2. The van der Waals surface area contributed by atoms with Crippen molar-refractivity contribution in [3.63, 3.8) is 0 Å². The molecule has 6 nitrogen and oxygen atoms in total. The van der Waals surface area contributed by atoms with Gasteiger partial charge in [0.2, 0.25) is 0 Å². The van der Waals surface area contributed by atoms with Crippen LogP contribution in [0.2, 0.25) is 0 Å². The van der Waals surface area contributed by atoms with Gasteiger partial charge in [0.1, 0.15) is 11.7 Å². The summed E-state index contributed by atoms with van der Waals surface area (Å²) >= 11 is 0. The third-order valence-electron chi connectivity index (χ3n) is 3.97. The van der Waals surface area contributed by atoms with Gasteiger partial charge in [-0.15, -0.1) is 0 Å². The van der Waals surface area contributed by atoms with E-state index in [9.17, 15) is 9.59 Å². The van der Waals surface area contributed by atoms with E-state index in [1.165, 1.54) is 0 Å². The van der Waals surface area contributed by atoms with Gasteiger partial charge < -0.3 is 19.3 Å². The van der Waals surface area contributed by atoms with E-state index in [2.05, 4.69) is 0 Å². The fourth-order valence-electron chi connectivity index (χ4n) is 2.83. The number of amides is 2. The van der Waals surface area contributed by atoms with Crippen LogP contribution in [0.5, 0.6) is 0 Å². The maximum absolute atomic E-state index is 12.5. The van der Waals surface area contributed by atoms with Crippen molar-refractivity contribution in [2.75, 3.05) is 26.2 Å². The first-order chi connectivity index (χ1) is 10.3. The lowest BCUT2D eigenvalue weighted by Crippen LogP contribution is -2.42. The Morgan fingerprint density at radius 3 is 2.27 bits per heavy atom. The van der Waals surface area contributed by atoms with E-state index < -0.39 is 5.60 Å². The van der Waals surface area contributed by atoms with Gasteiger partial charge in [-0.1, -0.05) is 0 Å². The van der Waals surface area contributed by atoms with Crippen LogP contribution in [0, 0.1) is 0 Å². The summed E-state index contributed by atoms with van der Waals surface area (Å²) in [5.74, 6) is 0.0652. The van der Waals surface area contributed by atoms with Crippen molar-refractivity contribution in [2.24, 2.45) is 0 Å². The van der Waals surface area contributed by atoms with Gasteiger partial charge in [0.25, 0.3) is 5.91 Å². The standard InChI is InChI=1S/C16H28N2O4/c1-12-6-7-13(21-12)14(19)17-8-5-9-18(11-10-17)15(20)22-16(2,3)4/h12-13H,5-11H2,1-4H3/t12-,13+/m0/s1. The van der Waals surface area contributed by atoms with E-state index >= 15 is 0 Å². The highest BCUT2D eigenvalue weighted by molar-refractivity contribution is 5.81. The summed E-state index contributed by atoms with van der Waals surface area (Å²) in [6, 6.07) is 0. The Morgan fingerprint density at radius 1 is 1.05 bits per heavy atom. The zero-order chi connectivity index (χ0) is 16.3. The molecule has 2 saturated heterocycles. The summed E-state index contributed by atoms with van der Waals surface area (Å²) in [4.78, 5) is 28.1. The van der Waals surface area contributed by atoms with Crippen LogP contribution in [-0.2, 0) is 14.3 Å². The molecule has 0 bridgehead atoms. The minimum absolute atomic E-state index is 0.0652. The first-order valence-corrected chi connectivity index (χ1v) is 8.18. The molecule has 2 aliphatic heterocycles. The molecule has 0 spiro atoms. The van der Waals surface area contributed by atoms with Gasteiger partial charge >= 0.3 is 6.09 Å². The zero-order valence-electron chi connectivity index (χ0n) is 14.1. The van der Waals surface area contributed by atoms with Crippen molar-refractivity contribution >= 4 is 12.0 Å². The van der Waals surface area contributed by atoms with Crippen LogP contribution in [0.25, 0.3) is 0 Å². The molecular formula is C16H28N2O4. The SMILES string of the molecule is C[C@H]1CC[C@H](C(=O)N2CCCN(C(=O)OC(C)(C)C)CC2)O1. The predicted octanol–water partition coefficient (Wildman–Crippen LogP) is 2.02. The lowest BCUT2D eigenvalue weighted by atomic mass is 10.2. The molecule has 0 aromatic heterocycles. The number of ether oxygens (including phenoxy) is 2. The summed E-state index contributed by atoms with van der Waals surface area (Å²) in [6.45, 7) is 9.94. The predicted molar refractivity (Wildman–Crippen MR) is 82.6 cm³/mol. The van der Waals surface area contributed by atoms with Crippen LogP contribution >= 0.6 is 0 Å². The van der Waals surface area contributed by atoms with Crippen LogP contribution in [0.3, 0.4) is 0 Å². The highest BCUT2D eigenvalue weighted by atomic mass is 16.6. The Kier molecular flexibility index (Phi) is 5.32. The average molecular weight is 312 g/mol. The molecule has 0 N–H and O–H groups in total. The number of rotatable bonds is 1. The lowest BCUT2D eigenvalue weighted by Gasteiger charge is -2.27. The summed E-state index contributed by atoms with van der Waals surface area (Å²) in [6.07, 6.45) is 2.07. The average Bonchev–Trinajstić information content (AvgIpc) is 2.70. The minimum atomic E-state index is -0.493. The molecule has 0 aromatic rings. The molecule has 2 amide bonds. The first kappa shape index (κ1) is 17.1. The maximum Gasteiger partial charge on any atom is 0.410 e. The molecule has 0 aromatic carbocycles. The molecule has 126 valence electrons. The second kappa shape index (κ2) is 6.86. The van der Waals surface area contributed by atoms with E-state index in [1.54, 1.807) is 4.90 Å². The summed E-state index contributed by atoms with van der Waals surface area (Å²) in [7, 11) is 0. The van der Waals surface area contributed by atoms with Crippen molar-refractivity contribution < 1.29 is 19.1 Å². The van der Waals surface area contributed by atoms with Crippen molar-refractivity contribution in [2.45, 2.75) is 64.8 Å². The largest absolute Gasteiger partial charge is 0.444 e. The summed E-state index contributed by atoms with van der Waals surface area (Å²) in [5, 5.41) is 0. The second-order valence-corrected chi connectivity index (χ2v) is 7.16. The monoisotopic (exact) mass is 312 g/mol. The molecule has 2 rings (SSSR count). The lowest BCUT2D eigenvalue weighted by molar-refractivity contribution is -0.142. The van der Waals surface area contributed by atoms with E-state index in [1.807, 2.05) is 32.6 Å². The summed E-state index contributed by atoms with van der Waals surface area (Å²) < 4.78 is 11.1. The third-order valence-corrected chi connectivity index (χ3v) is 3.97. The maximum atomic E-state index is 12.5. The molecule has 22 heavy (non-hydrogen) atoms. The van der Waals surface area contributed by atoms with E-state index in [4.69, 9.17) is 9.47 Å². The fraction of sp³-hybridized carbons (Fsp3) is 0.875. The Bertz CT molecular complexity index is 419. The number of nitrogens with zero attached hydrogens (tertiary/aromatic N) is 2. The Balaban J connectivity index is 1.87. The normalized spacial score (nSPS) is 26.7. The van der Waals surface area contributed by atoms with Gasteiger partial charge in [-0.05, 0) is 47.0 Å². The molecule has 0 radical (unpaired) electrons. The molecule has 2 heterocycles. The quantitative estimate of drug-likeness (QED) is 0.743. The fourth-order valence-corrected chi connectivity index (χ4v) is 2.83. The number of carbonyl (C=O) groups excluding carboxylic acids is 2. The van der Waals surface area contributed by atoms with Gasteiger partial charge in [0, 0.05) is 26.2 Å². The minimum Gasteiger partial charge on any atom is -0.444 e. The zero-order valence-corrected chi connectivity index (χ0v) is 14.1. The van der Waals surface area contributed by atoms with Crippen molar-refractivity contribution in [1.29, 1.82) is 0 Å². The van der Waals surface area contributed by atoms with E-state index in [-0.39, 0.29) is 24.2 Å². The first-order valence-electron chi connectivity index (χ1n) is 8.18. The Morgan fingerprint density at radius 2 is 1.68 bits per heavy atom. The topological polar surface area (TPSA) is 59.1 Å². The molecule has 2 fully saturated rings. The van der Waals surface area contributed by atoms with Gasteiger partial charge in [-0.25, -0.2) is 4.79 Å². The number of hydrogen-bond donors (Lipinski definition) is 0. The van der Waals surface area contributed by atoms with Crippen molar-refractivity contribution in [1.82, 2.24) is 9.80 Å². The van der Waals surface area contributed by atoms with Crippen LogP contribution in [0.15, 0.2) is 0 Å². The molecular weight excluding hydrogens is 284 g/mol. The summed E-state index contributed by atoms with van der Waals surface area (Å²) in [5.41, 5.74) is -0.493. The van der Waals surface area contributed by atoms with Crippen LogP contribution in [0.4, 0.5) is 4.79 Å². The van der Waals surface area contributed by atoms with Crippen LogP contribution in [0.1, 0.15) is 47.0 Å². The Hall–Kier alpha value is -1.30. The van der Waals surface area contributed by atoms with E-state index in [0.29, 0.717) is 26.2 Å². The second-order valence-electron chi connectivity index (χ2n) is 7.16. The van der Waals surface area contributed by atoms with Crippen LogP contribution < -0.4 is 0 Å². The third kappa shape index (κ3) is 4.60. The van der Waals surface area contributed by atoms with Crippen molar-refractivity contribution in [3.05, 3.63) is 0 Å². The molecule has 2 aliphatic rings. The Labute approximate surface area is 132 Å². The van der Waals surface area contributed by atoms with Gasteiger partial charge in [0.15, 0.2) is 0 Å². The highest BCUT2D eigenvalue weighted by Crippen LogP contribution is 2.21. The number of hydrogen-bond acceptors (Lipinski definition) is 4. The van der Waals surface area contributed by atoms with Crippen molar-refractivity contribution in [3.8, 4) is 0 Å². The molecule has 6 heteroatoms. The molecule has 0 unspecified atom stereocenters. The van der Waals surface area contributed by atoms with Gasteiger partial charge in [-0.3, -0.25) is 4.79 Å². The molecule has 2 atom stereocenters. The van der Waals surface area contributed by atoms with E-state index in [0.717, 1.165) is 19.3 Å². The van der Waals surface area contributed by atoms with Crippen LogP contribution in [-0.4, -0.2) is 65.8 Å². The molecule has 0 saturated carbocycles. The smallest absolute Gasteiger partial charge is 0.410 e. The highest BCUT2D eigenvalue weighted by Gasteiger charge is 2.33. The van der Waals surface area contributed by atoms with Gasteiger partial charge in [0.05, 0.1) is 6.10 Å². The van der Waals surface area contributed by atoms with Gasteiger partial charge in [-0.2, -0.15) is 0 Å².